The van der Waals surface area contributed by atoms with Gasteiger partial charge in [0.05, 0.1) is 24.3 Å². The molecule has 0 unspecified atom stereocenters. The zero-order valence-electron chi connectivity index (χ0n) is 13.9. The van der Waals surface area contributed by atoms with Gasteiger partial charge in [-0.15, -0.1) is 0 Å². The second kappa shape index (κ2) is 6.71. The molecule has 2 atom stereocenters. The van der Waals surface area contributed by atoms with Crippen molar-refractivity contribution in [1.82, 2.24) is 14.8 Å². The highest BCUT2D eigenvalue weighted by Gasteiger charge is 2.42. The molecule has 25 heavy (non-hydrogen) atoms. The Morgan fingerprint density at radius 1 is 1.32 bits per heavy atom. The summed E-state index contributed by atoms with van der Waals surface area (Å²) in [5.41, 5.74) is 2.21. The first-order valence-electron chi connectivity index (χ1n) is 8.52. The number of H-pyrrole nitrogens is 1. The maximum atomic E-state index is 12.7. The number of ether oxygens (including phenoxy) is 1. The van der Waals surface area contributed by atoms with E-state index >= 15 is 0 Å². The number of fused-ring (bicyclic) bond motifs is 1. The van der Waals surface area contributed by atoms with E-state index in [4.69, 9.17) is 10.00 Å². The van der Waals surface area contributed by atoms with Crippen LogP contribution in [-0.4, -0.2) is 59.1 Å². The van der Waals surface area contributed by atoms with Crippen molar-refractivity contribution >= 4 is 5.91 Å². The number of nitrogens with one attached hydrogen (secondary N) is 1. The van der Waals surface area contributed by atoms with Gasteiger partial charge in [-0.05, 0) is 11.6 Å². The predicted molar refractivity (Wildman–Crippen MR) is 91.8 cm³/mol. The highest BCUT2D eigenvalue weighted by molar-refractivity contribution is 5.93. The molecule has 6 nitrogen and oxygen atoms in total. The summed E-state index contributed by atoms with van der Waals surface area (Å²) in [4.78, 5) is 19.8. The molecule has 0 radical (unpaired) electrons. The second-order valence-corrected chi connectivity index (χ2v) is 6.56. The molecule has 1 N–H and O–H groups in total. The molecule has 4 rings (SSSR count). The van der Waals surface area contributed by atoms with E-state index in [0.29, 0.717) is 31.0 Å². The number of rotatable bonds is 3. The van der Waals surface area contributed by atoms with E-state index in [1.54, 1.807) is 12.3 Å². The van der Waals surface area contributed by atoms with Crippen molar-refractivity contribution in [2.45, 2.75) is 18.7 Å². The van der Waals surface area contributed by atoms with Crippen molar-refractivity contribution in [3.8, 4) is 6.07 Å². The lowest BCUT2D eigenvalue weighted by Gasteiger charge is -2.36. The van der Waals surface area contributed by atoms with Crippen LogP contribution in [0, 0.1) is 11.3 Å². The van der Waals surface area contributed by atoms with Gasteiger partial charge in [0.2, 0.25) is 0 Å². The Morgan fingerprint density at radius 3 is 2.92 bits per heavy atom. The first-order chi connectivity index (χ1) is 12.2. The van der Waals surface area contributed by atoms with Crippen LogP contribution in [0.2, 0.25) is 0 Å². The van der Waals surface area contributed by atoms with E-state index in [-0.39, 0.29) is 18.1 Å². The first kappa shape index (κ1) is 15.9. The highest BCUT2D eigenvalue weighted by atomic mass is 16.5. The van der Waals surface area contributed by atoms with Crippen LogP contribution < -0.4 is 0 Å². The number of carbonyl (C=O) groups excluding carboxylic acids is 1. The second-order valence-electron chi connectivity index (χ2n) is 6.56. The number of aromatic amines is 1. The van der Waals surface area contributed by atoms with Crippen LogP contribution in [0.3, 0.4) is 0 Å². The Bertz CT molecular complexity index is 795. The molecule has 2 aliphatic heterocycles. The van der Waals surface area contributed by atoms with Gasteiger partial charge in [0.1, 0.15) is 11.8 Å². The molecule has 1 amide bonds. The Hall–Kier alpha value is -2.62. The maximum Gasteiger partial charge on any atom is 0.270 e. The molecule has 1 aromatic carbocycles. The molecular weight excluding hydrogens is 316 g/mol. The van der Waals surface area contributed by atoms with Gasteiger partial charge in [-0.2, -0.15) is 5.26 Å². The van der Waals surface area contributed by atoms with E-state index < -0.39 is 0 Å². The molecule has 2 aliphatic rings. The number of benzene rings is 1. The number of carbonyl (C=O) groups is 1. The molecule has 2 saturated heterocycles. The third-order valence-electron chi connectivity index (χ3n) is 4.97. The lowest BCUT2D eigenvalue weighted by atomic mass is 10.1. The van der Waals surface area contributed by atoms with Crippen LogP contribution in [0.4, 0.5) is 0 Å². The Labute approximate surface area is 146 Å². The Kier molecular flexibility index (Phi) is 4.26. The smallest absolute Gasteiger partial charge is 0.270 e. The third kappa shape index (κ3) is 3.16. The quantitative estimate of drug-likeness (QED) is 0.924. The number of likely N-dealkylation sites (tertiary alicyclic amines) is 1. The first-order valence-corrected chi connectivity index (χ1v) is 8.52. The van der Waals surface area contributed by atoms with Crippen molar-refractivity contribution in [3.05, 3.63) is 59.4 Å². The number of hydrogen-bond acceptors (Lipinski definition) is 4. The van der Waals surface area contributed by atoms with Crippen molar-refractivity contribution < 1.29 is 9.53 Å². The fraction of sp³-hybridized carbons (Fsp3) is 0.368. The summed E-state index contributed by atoms with van der Waals surface area (Å²) in [7, 11) is 0. The molecule has 0 saturated carbocycles. The van der Waals surface area contributed by atoms with E-state index in [1.165, 1.54) is 5.56 Å². The summed E-state index contributed by atoms with van der Waals surface area (Å²) in [5, 5.41) is 8.92. The summed E-state index contributed by atoms with van der Waals surface area (Å²) >= 11 is 0. The molecule has 6 heteroatoms. The highest BCUT2D eigenvalue weighted by Crippen LogP contribution is 2.25. The Morgan fingerprint density at radius 2 is 2.16 bits per heavy atom. The summed E-state index contributed by atoms with van der Waals surface area (Å²) in [6.45, 7) is 3.68. The van der Waals surface area contributed by atoms with Crippen molar-refractivity contribution in [1.29, 1.82) is 5.26 Å². The zero-order valence-corrected chi connectivity index (χ0v) is 13.9. The summed E-state index contributed by atoms with van der Waals surface area (Å²) in [6.07, 6.45) is 1.61. The average Bonchev–Trinajstić information content (AvgIpc) is 3.29. The molecule has 0 aliphatic carbocycles. The van der Waals surface area contributed by atoms with E-state index in [2.05, 4.69) is 34.1 Å². The van der Waals surface area contributed by atoms with Crippen LogP contribution in [-0.2, 0) is 11.3 Å². The third-order valence-corrected chi connectivity index (χ3v) is 4.97. The van der Waals surface area contributed by atoms with Gasteiger partial charge in [-0.1, -0.05) is 30.3 Å². The summed E-state index contributed by atoms with van der Waals surface area (Å²) in [5.74, 6) is -0.0702. The van der Waals surface area contributed by atoms with Crippen LogP contribution in [0.25, 0.3) is 0 Å². The van der Waals surface area contributed by atoms with Crippen LogP contribution in [0.15, 0.2) is 42.6 Å². The Balaban J connectivity index is 1.47. The fourth-order valence-corrected chi connectivity index (χ4v) is 3.69. The van der Waals surface area contributed by atoms with Crippen molar-refractivity contribution in [3.63, 3.8) is 0 Å². The van der Waals surface area contributed by atoms with Crippen LogP contribution in [0.5, 0.6) is 0 Å². The van der Waals surface area contributed by atoms with E-state index in [0.717, 1.165) is 13.1 Å². The number of amides is 1. The molecule has 3 heterocycles. The SMILES string of the molecule is N#Cc1c[nH]c(C(=O)N2C[C@@H]3[C@@H](C2)OCCN3Cc2ccccc2)c1. The summed E-state index contributed by atoms with van der Waals surface area (Å²) < 4.78 is 5.91. The van der Waals surface area contributed by atoms with E-state index in [1.807, 2.05) is 17.0 Å². The number of hydrogen-bond donors (Lipinski definition) is 1. The zero-order chi connectivity index (χ0) is 17.2. The molecule has 0 spiro atoms. The molecule has 128 valence electrons. The fourth-order valence-electron chi connectivity index (χ4n) is 3.69. The van der Waals surface area contributed by atoms with Crippen LogP contribution in [0.1, 0.15) is 21.6 Å². The van der Waals surface area contributed by atoms with Gasteiger partial charge in [0, 0.05) is 32.4 Å². The number of nitriles is 1. The number of nitrogens with zero attached hydrogens (tertiary/aromatic N) is 3. The van der Waals surface area contributed by atoms with Crippen molar-refractivity contribution in [2.75, 3.05) is 26.2 Å². The van der Waals surface area contributed by atoms with Gasteiger partial charge >= 0.3 is 0 Å². The number of morpholine rings is 1. The lowest BCUT2D eigenvalue weighted by Crippen LogP contribution is -2.50. The monoisotopic (exact) mass is 336 g/mol. The molecule has 1 aromatic heterocycles. The van der Waals surface area contributed by atoms with Gasteiger partial charge in [0.25, 0.3) is 5.91 Å². The maximum absolute atomic E-state index is 12.7. The molecule has 0 bridgehead atoms. The topological polar surface area (TPSA) is 72.4 Å². The lowest BCUT2D eigenvalue weighted by molar-refractivity contribution is -0.0503. The molecule has 2 aromatic rings. The minimum Gasteiger partial charge on any atom is -0.373 e. The van der Waals surface area contributed by atoms with Gasteiger partial charge in [-0.25, -0.2) is 0 Å². The van der Waals surface area contributed by atoms with Gasteiger partial charge in [0.15, 0.2) is 0 Å². The minimum atomic E-state index is -0.0702. The normalized spacial score (nSPS) is 23.2. The minimum absolute atomic E-state index is 0.0480. The molecule has 2 fully saturated rings. The average molecular weight is 336 g/mol. The van der Waals surface area contributed by atoms with Crippen LogP contribution >= 0.6 is 0 Å². The molecular formula is C19H20N4O2. The standard InChI is InChI=1S/C19H20N4O2/c20-9-15-8-16(21-10-15)19(24)23-12-17-18(13-23)25-7-6-22(17)11-14-4-2-1-3-5-14/h1-5,8,10,17-18,21H,6-7,11-13H2/t17-,18-/m1/s1. The number of aromatic nitrogens is 1. The summed E-state index contributed by atoms with van der Waals surface area (Å²) in [6, 6.07) is 14.2. The predicted octanol–water partition coefficient (Wildman–Crippen LogP) is 1.61. The largest absolute Gasteiger partial charge is 0.373 e. The van der Waals surface area contributed by atoms with E-state index in [9.17, 15) is 4.79 Å². The van der Waals surface area contributed by atoms with Crippen molar-refractivity contribution in [2.24, 2.45) is 0 Å². The van der Waals surface area contributed by atoms with Gasteiger partial charge < -0.3 is 14.6 Å². The van der Waals surface area contributed by atoms with Gasteiger partial charge in [-0.3, -0.25) is 9.69 Å².